The van der Waals surface area contributed by atoms with E-state index in [4.69, 9.17) is 0 Å². The third kappa shape index (κ3) is 4.24. The SMILES string of the molecule is CC1(C)C=CC(O)(CCC(F)(F)F)CC1. The van der Waals surface area contributed by atoms with Crippen molar-refractivity contribution >= 4 is 0 Å². The van der Waals surface area contributed by atoms with Gasteiger partial charge in [0.2, 0.25) is 0 Å². The van der Waals surface area contributed by atoms with Crippen LogP contribution in [0.4, 0.5) is 13.2 Å². The van der Waals surface area contributed by atoms with Crippen molar-refractivity contribution in [1.82, 2.24) is 0 Å². The van der Waals surface area contributed by atoms with Gasteiger partial charge in [-0.15, -0.1) is 0 Å². The first-order chi connectivity index (χ1) is 6.62. The highest BCUT2D eigenvalue weighted by Gasteiger charge is 2.36. The van der Waals surface area contributed by atoms with Gasteiger partial charge < -0.3 is 5.11 Å². The molecule has 0 aromatic rings. The van der Waals surface area contributed by atoms with Crippen molar-refractivity contribution in [3.05, 3.63) is 12.2 Å². The largest absolute Gasteiger partial charge is 0.389 e. The summed E-state index contributed by atoms with van der Waals surface area (Å²) < 4.78 is 36.0. The number of aliphatic hydroxyl groups is 1. The van der Waals surface area contributed by atoms with Crippen LogP contribution in [0.1, 0.15) is 39.5 Å². The highest BCUT2D eigenvalue weighted by molar-refractivity contribution is 5.11. The zero-order valence-corrected chi connectivity index (χ0v) is 9.06. The summed E-state index contributed by atoms with van der Waals surface area (Å²) in [6.07, 6.45) is -0.868. The molecule has 1 atom stereocenters. The maximum atomic E-state index is 12.0. The summed E-state index contributed by atoms with van der Waals surface area (Å²) in [6, 6.07) is 0. The van der Waals surface area contributed by atoms with E-state index >= 15 is 0 Å². The lowest BCUT2D eigenvalue weighted by atomic mass is 9.75. The van der Waals surface area contributed by atoms with Crippen molar-refractivity contribution in [2.24, 2.45) is 5.41 Å². The zero-order chi connectivity index (χ0) is 11.7. The lowest BCUT2D eigenvalue weighted by Crippen LogP contribution is -2.33. The van der Waals surface area contributed by atoms with Crippen LogP contribution in [-0.4, -0.2) is 16.9 Å². The van der Waals surface area contributed by atoms with Crippen LogP contribution in [0.2, 0.25) is 0 Å². The van der Waals surface area contributed by atoms with E-state index in [-0.39, 0.29) is 11.8 Å². The van der Waals surface area contributed by atoms with Gasteiger partial charge in [-0.3, -0.25) is 0 Å². The molecule has 0 spiro atoms. The van der Waals surface area contributed by atoms with Gasteiger partial charge in [0.05, 0.1) is 5.60 Å². The minimum absolute atomic E-state index is 0.00946. The molecular formula is C11H17F3O. The molecule has 1 unspecified atom stereocenters. The summed E-state index contributed by atoms with van der Waals surface area (Å²) in [7, 11) is 0. The molecule has 1 aliphatic rings. The van der Waals surface area contributed by atoms with Gasteiger partial charge in [-0.25, -0.2) is 0 Å². The Hall–Kier alpha value is -0.510. The van der Waals surface area contributed by atoms with E-state index in [1.807, 2.05) is 19.9 Å². The molecule has 88 valence electrons. The minimum Gasteiger partial charge on any atom is -0.386 e. The Morgan fingerprint density at radius 2 is 1.80 bits per heavy atom. The molecule has 0 radical (unpaired) electrons. The molecule has 0 saturated heterocycles. The number of rotatable bonds is 2. The average molecular weight is 222 g/mol. The van der Waals surface area contributed by atoms with Crippen molar-refractivity contribution in [3.8, 4) is 0 Å². The van der Waals surface area contributed by atoms with Gasteiger partial charge in [-0.05, 0) is 24.7 Å². The summed E-state index contributed by atoms with van der Waals surface area (Å²) >= 11 is 0. The zero-order valence-electron chi connectivity index (χ0n) is 9.06. The minimum atomic E-state index is -4.18. The third-order valence-electron chi connectivity index (χ3n) is 2.89. The summed E-state index contributed by atoms with van der Waals surface area (Å²) in [5.41, 5.74) is -1.27. The van der Waals surface area contributed by atoms with Crippen LogP contribution in [0.5, 0.6) is 0 Å². The van der Waals surface area contributed by atoms with E-state index < -0.39 is 18.2 Å². The van der Waals surface area contributed by atoms with Crippen molar-refractivity contribution < 1.29 is 18.3 Å². The van der Waals surface area contributed by atoms with Crippen LogP contribution in [0.3, 0.4) is 0 Å². The second kappa shape index (κ2) is 3.81. The molecule has 0 bridgehead atoms. The van der Waals surface area contributed by atoms with Crippen LogP contribution in [-0.2, 0) is 0 Å². The molecule has 0 amide bonds. The van der Waals surface area contributed by atoms with E-state index in [0.29, 0.717) is 6.42 Å². The number of hydrogen-bond donors (Lipinski definition) is 1. The standard InChI is InChI=1S/C11H17F3O/c1-9(2)3-5-10(15,6-4-9)7-8-11(12,13)14/h3,5,15H,4,6-8H2,1-2H3. The summed E-state index contributed by atoms with van der Waals surface area (Å²) in [5, 5.41) is 9.88. The van der Waals surface area contributed by atoms with Crippen LogP contribution >= 0.6 is 0 Å². The molecule has 0 aromatic heterocycles. The number of alkyl halides is 3. The molecule has 0 saturated carbocycles. The monoisotopic (exact) mass is 222 g/mol. The number of hydrogen-bond acceptors (Lipinski definition) is 1. The number of halogens is 3. The van der Waals surface area contributed by atoms with Gasteiger partial charge in [-0.1, -0.05) is 26.0 Å². The Morgan fingerprint density at radius 1 is 1.20 bits per heavy atom. The first-order valence-electron chi connectivity index (χ1n) is 5.12. The molecule has 4 heteroatoms. The fraction of sp³-hybridized carbons (Fsp3) is 0.818. The molecular weight excluding hydrogens is 205 g/mol. The lowest BCUT2D eigenvalue weighted by molar-refractivity contribution is -0.144. The molecule has 1 aliphatic carbocycles. The normalized spacial score (nSPS) is 30.5. The Morgan fingerprint density at radius 3 is 2.20 bits per heavy atom. The van der Waals surface area contributed by atoms with E-state index in [1.165, 1.54) is 6.08 Å². The molecule has 0 aliphatic heterocycles. The molecule has 1 N–H and O–H groups in total. The Bertz CT molecular complexity index is 255. The predicted molar refractivity (Wildman–Crippen MR) is 52.4 cm³/mol. The fourth-order valence-electron chi connectivity index (χ4n) is 1.65. The predicted octanol–water partition coefficient (Wildman–Crippen LogP) is 3.44. The molecule has 15 heavy (non-hydrogen) atoms. The third-order valence-corrected chi connectivity index (χ3v) is 2.89. The van der Waals surface area contributed by atoms with Crippen molar-refractivity contribution in [1.29, 1.82) is 0 Å². The quantitative estimate of drug-likeness (QED) is 0.709. The molecule has 0 heterocycles. The summed E-state index contributed by atoms with van der Waals surface area (Å²) in [4.78, 5) is 0. The van der Waals surface area contributed by atoms with E-state index in [2.05, 4.69) is 0 Å². The Kier molecular flexibility index (Phi) is 3.19. The van der Waals surface area contributed by atoms with Gasteiger partial charge in [0.1, 0.15) is 0 Å². The molecule has 0 aromatic carbocycles. The summed E-state index contributed by atoms with van der Waals surface area (Å²) in [5.74, 6) is 0. The van der Waals surface area contributed by atoms with Gasteiger partial charge in [0.25, 0.3) is 0 Å². The number of allylic oxidation sites excluding steroid dienone is 1. The Labute approximate surface area is 88.0 Å². The second-order valence-corrected chi connectivity index (χ2v) is 5.04. The van der Waals surface area contributed by atoms with Gasteiger partial charge >= 0.3 is 6.18 Å². The van der Waals surface area contributed by atoms with E-state index in [0.717, 1.165) is 6.42 Å². The topological polar surface area (TPSA) is 20.2 Å². The first kappa shape index (κ1) is 12.6. The van der Waals surface area contributed by atoms with Crippen LogP contribution in [0.15, 0.2) is 12.2 Å². The van der Waals surface area contributed by atoms with Crippen LogP contribution in [0, 0.1) is 5.41 Å². The van der Waals surface area contributed by atoms with Crippen molar-refractivity contribution in [2.75, 3.05) is 0 Å². The molecule has 1 nitrogen and oxygen atoms in total. The average Bonchev–Trinajstić information content (AvgIpc) is 2.07. The van der Waals surface area contributed by atoms with E-state index in [9.17, 15) is 18.3 Å². The van der Waals surface area contributed by atoms with Crippen LogP contribution in [0.25, 0.3) is 0 Å². The molecule has 0 fully saturated rings. The fourth-order valence-corrected chi connectivity index (χ4v) is 1.65. The maximum Gasteiger partial charge on any atom is 0.389 e. The maximum absolute atomic E-state index is 12.0. The van der Waals surface area contributed by atoms with Crippen LogP contribution < -0.4 is 0 Å². The van der Waals surface area contributed by atoms with Crippen molar-refractivity contribution in [2.45, 2.75) is 51.3 Å². The second-order valence-electron chi connectivity index (χ2n) is 5.04. The van der Waals surface area contributed by atoms with Gasteiger partial charge in [-0.2, -0.15) is 13.2 Å². The Balaban J connectivity index is 2.56. The van der Waals surface area contributed by atoms with Gasteiger partial charge in [0.15, 0.2) is 0 Å². The first-order valence-corrected chi connectivity index (χ1v) is 5.12. The van der Waals surface area contributed by atoms with Crippen molar-refractivity contribution in [3.63, 3.8) is 0 Å². The molecule has 1 rings (SSSR count). The lowest BCUT2D eigenvalue weighted by Gasteiger charge is -2.35. The summed E-state index contributed by atoms with van der Waals surface area (Å²) in [6.45, 7) is 4.01. The van der Waals surface area contributed by atoms with E-state index in [1.54, 1.807) is 0 Å². The van der Waals surface area contributed by atoms with Gasteiger partial charge in [0, 0.05) is 6.42 Å². The highest BCUT2D eigenvalue weighted by Crippen LogP contribution is 2.38. The highest BCUT2D eigenvalue weighted by atomic mass is 19.4. The smallest absolute Gasteiger partial charge is 0.386 e.